The molecule has 0 aromatic heterocycles. The maximum absolute atomic E-state index is 8.96. The molecular formula is C12H14N2. The third-order valence-corrected chi connectivity index (χ3v) is 2.81. The Morgan fingerprint density at radius 1 is 1.57 bits per heavy atom. The summed E-state index contributed by atoms with van der Waals surface area (Å²) in [6.07, 6.45) is 1.98. The Hall–Kier alpha value is -1.49. The van der Waals surface area contributed by atoms with Crippen LogP contribution in [-0.4, -0.2) is 6.54 Å². The maximum atomic E-state index is 8.96. The van der Waals surface area contributed by atoms with E-state index in [1.165, 1.54) is 11.3 Å². The zero-order valence-electron chi connectivity index (χ0n) is 8.38. The number of fused-ring (bicyclic) bond motifs is 1. The van der Waals surface area contributed by atoms with E-state index in [2.05, 4.69) is 36.5 Å². The Kier molecular flexibility index (Phi) is 2.41. The summed E-state index contributed by atoms with van der Waals surface area (Å²) < 4.78 is 0. The summed E-state index contributed by atoms with van der Waals surface area (Å²) in [5.74, 6) is 0.0564. The number of nitrogens with zero attached hydrogens (tertiary/aromatic N) is 1. The highest BCUT2D eigenvalue weighted by molar-refractivity contribution is 5.57. The van der Waals surface area contributed by atoms with E-state index in [0.717, 1.165) is 24.9 Å². The van der Waals surface area contributed by atoms with Crippen molar-refractivity contribution in [2.75, 3.05) is 11.9 Å². The van der Waals surface area contributed by atoms with Gasteiger partial charge in [-0.25, -0.2) is 0 Å². The predicted octanol–water partition coefficient (Wildman–Crippen LogP) is 2.67. The van der Waals surface area contributed by atoms with E-state index in [1.807, 2.05) is 0 Å². The molecule has 1 aromatic rings. The first kappa shape index (κ1) is 9.08. The van der Waals surface area contributed by atoms with Gasteiger partial charge in [0.05, 0.1) is 12.0 Å². The van der Waals surface area contributed by atoms with E-state index in [-0.39, 0.29) is 5.92 Å². The van der Waals surface area contributed by atoms with Crippen LogP contribution in [0, 0.1) is 11.3 Å². The second kappa shape index (κ2) is 3.71. The monoisotopic (exact) mass is 186 g/mol. The number of benzene rings is 1. The summed E-state index contributed by atoms with van der Waals surface area (Å²) in [7, 11) is 0. The number of anilines is 1. The molecule has 0 amide bonds. The quantitative estimate of drug-likeness (QED) is 0.770. The third-order valence-electron chi connectivity index (χ3n) is 2.81. The molecule has 2 nitrogen and oxygen atoms in total. The summed E-state index contributed by atoms with van der Waals surface area (Å²) in [5.41, 5.74) is 3.76. The first-order valence-corrected chi connectivity index (χ1v) is 5.11. The number of rotatable bonds is 2. The summed E-state index contributed by atoms with van der Waals surface area (Å²) in [4.78, 5) is 0. The Labute approximate surface area is 84.6 Å². The Morgan fingerprint density at radius 2 is 2.43 bits per heavy atom. The SMILES string of the molecule is CCC(C#N)c1ccc2c(c1)CCN2. The molecule has 0 spiro atoms. The Balaban J connectivity index is 2.33. The lowest BCUT2D eigenvalue weighted by atomic mass is 9.95. The van der Waals surface area contributed by atoms with E-state index in [9.17, 15) is 0 Å². The van der Waals surface area contributed by atoms with Crippen molar-refractivity contribution >= 4 is 5.69 Å². The van der Waals surface area contributed by atoms with Crippen molar-refractivity contribution in [2.24, 2.45) is 0 Å². The minimum absolute atomic E-state index is 0.0564. The van der Waals surface area contributed by atoms with E-state index in [1.54, 1.807) is 0 Å². The Bertz CT molecular complexity index is 376. The standard InChI is InChI=1S/C12H14N2/c1-2-9(8-13)10-3-4-12-11(7-10)5-6-14-12/h3-4,7,9,14H,2,5-6H2,1H3. The fraction of sp³-hybridized carbons (Fsp3) is 0.417. The van der Waals surface area contributed by atoms with Gasteiger partial charge in [-0.1, -0.05) is 19.1 Å². The summed E-state index contributed by atoms with van der Waals surface area (Å²) in [6.45, 7) is 3.08. The van der Waals surface area contributed by atoms with Gasteiger partial charge in [-0.15, -0.1) is 0 Å². The second-order valence-electron chi connectivity index (χ2n) is 3.68. The number of hydrogen-bond acceptors (Lipinski definition) is 2. The van der Waals surface area contributed by atoms with Crippen molar-refractivity contribution in [3.63, 3.8) is 0 Å². The maximum Gasteiger partial charge on any atom is 0.0710 e. The molecule has 0 bridgehead atoms. The molecule has 1 aliphatic heterocycles. The molecule has 0 radical (unpaired) electrons. The van der Waals surface area contributed by atoms with Crippen LogP contribution < -0.4 is 5.32 Å². The topological polar surface area (TPSA) is 35.8 Å². The molecule has 0 saturated carbocycles. The van der Waals surface area contributed by atoms with Crippen LogP contribution in [0.2, 0.25) is 0 Å². The van der Waals surface area contributed by atoms with Crippen molar-refractivity contribution < 1.29 is 0 Å². The van der Waals surface area contributed by atoms with Gasteiger partial charge >= 0.3 is 0 Å². The van der Waals surface area contributed by atoms with Crippen molar-refractivity contribution in [1.82, 2.24) is 0 Å². The van der Waals surface area contributed by atoms with Crippen molar-refractivity contribution in [3.05, 3.63) is 29.3 Å². The van der Waals surface area contributed by atoms with Gasteiger partial charge in [0.25, 0.3) is 0 Å². The number of hydrogen-bond donors (Lipinski definition) is 1. The van der Waals surface area contributed by atoms with Crippen LogP contribution >= 0.6 is 0 Å². The van der Waals surface area contributed by atoms with Gasteiger partial charge in [0.1, 0.15) is 0 Å². The highest BCUT2D eigenvalue weighted by Gasteiger charge is 2.13. The zero-order valence-corrected chi connectivity index (χ0v) is 8.38. The fourth-order valence-corrected chi connectivity index (χ4v) is 1.94. The van der Waals surface area contributed by atoms with Gasteiger partial charge in [0, 0.05) is 12.2 Å². The molecule has 0 aliphatic carbocycles. The smallest absolute Gasteiger partial charge is 0.0710 e. The van der Waals surface area contributed by atoms with Crippen LogP contribution in [-0.2, 0) is 6.42 Å². The molecule has 2 rings (SSSR count). The molecule has 1 aromatic carbocycles. The molecule has 1 N–H and O–H groups in total. The molecule has 72 valence electrons. The predicted molar refractivity (Wildman–Crippen MR) is 57.3 cm³/mol. The fourth-order valence-electron chi connectivity index (χ4n) is 1.94. The summed E-state index contributed by atoms with van der Waals surface area (Å²) in [6, 6.07) is 8.67. The molecular weight excluding hydrogens is 172 g/mol. The van der Waals surface area contributed by atoms with Gasteiger partial charge in [0.15, 0.2) is 0 Å². The average Bonchev–Trinajstić information content (AvgIpc) is 2.66. The van der Waals surface area contributed by atoms with Crippen molar-refractivity contribution in [1.29, 1.82) is 5.26 Å². The second-order valence-corrected chi connectivity index (χ2v) is 3.68. The summed E-state index contributed by atoms with van der Waals surface area (Å²) in [5, 5.41) is 12.3. The molecule has 1 unspecified atom stereocenters. The van der Waals surface area contributed by atoms with E-state index in [4.69, 9.17) is 5.26 Å². The molecule has 0 fully saturated rings. The lowest BCUT2D eigenvalue weighted by molar-refractivity contribution is 0.817. The lowest BCUT2D eigenvalue weighted by Gasteiger charge is -2.08. The molecule has 0 saturated heterocycles. The van der Waals surface area contributed by atoms with Gasteiger partial charge < -0.3 is 5.32 Å². The first-order chi connectivity index (χ1) is 6.85. The molecule has 1 atom stereocenters. The largest absolute Gasteiger partial charge is 0.384 e. The zero-order chi connectivity index (χ0) is 9.97. The van der Waals surface area contributed by atoms with Crippen LogP contribution in [0.25, 0.3) is 0 Å². The van der Waals surface area contributed by atoms with Crippen LogP contribution in [0.15, 0.2) is 18.2 Å². The van der Waals surface area contributed by atoms with Gasteiger partial charge in [-0.2, -0.15) is 5.26 Å². The van der Waals surface area contributed by atoms with Crippen LogP contribution in [0.5, 0.6) is 0 Å². The number of nitrogens with one attached hydrogen (secondary N) is 1. The lowest BCUT2D eigenvalue weighted by Crippen LogP contribution is -1.94. The Morgan fingerprint density at radius 3 is 3.14 bits per heavy atom. The van der Waals surface area contributed by atoms with Crippen molar-refractivity contribution in [3.8, 4) is 6.07 Å². The first-order valence-electron chi connectivity index (χ1n) is 5.11. The third kappa shape index (κ3) is 1.46. The molecule has 1 aliphatic rings. The van der Waals surface area contributed by atoms with Crippen LogP contribution in [0.4, 0.5) is 5.69 Å². The number of nitriles is 1. The van der Waals surface area contributed by atoms with E-state index in [0.29, 0.717) is 0 Å². The van der Waals surface area contributed by atoms with Crippen LogP contribution in [0.1, 0.15) is 30.4 Å². The highest BCUT2D eigenvalue weighted by atomic mass is 14.9. The van der Waals surface area contributed by atoms with Gasteiger partial charge in [-0.05, 0) is 30.0 Å². The van der Waals surface area contributed by atoms with E-state index < -0.39 is 0 Å². The van der Waals surface area contributed by atoms with E-state index >= 15 is 0 Å². The summed E-state index contributed by atoms with van der Waals surface area (Å²) >= 11 is 0. The molecule has 1 heterocycles. The molecule has 2 heteroatoms. The molecule has 14 heavy (non-hydrogen) atoms. The van der Waals surface area contributed by atoms with Crippen LogP contribution in [0.3, 0.4) is 0 Å². The van der Waals surface area contributed by atoms with Crippen molar-refractivity contribution in [2.45, 2.75) is 25.7 Å². The average molecular weight is 186 g/mol. The highest BCUT2D eigenvalue weighted by Crippen LogP contribution is 2.27. The minimum Gasteiger partial charge on any atom is -0.384 e. The normalized spacial score (nSPS) is 15.4. The van der Waals surface area contributed by atoms with Gasteiger partial charge in [-0.3, -0.25) is 0 Å². The minimum atomic E-state index is 0.0564. The van der Waals surface area contributed by atoms with Gasteiger partial charge in [0.2, 0.25) is 0 Å².